The molecule has 3 aromatic heterocycles. The number of hydrogen-bond donors (Lipinski definition) is 4. The van der Waals surface area contributed by atoms with Gasteiger partial charge in [-0.2, -0.15) is 5.10 Å². The number of carbonyl (C=O) groups is 2. The SMILES string of the molecule is O=C(Cn1c(-c2cccs2)n[nH]c1=S)NNC(=O)c1c[nH]c2ccccc12. The second kappa shape index (κ2) is 7.17. The molecule has 1 aromatic carbocycles. The number of hydrogen-bond acceptors (Lipinski definition) is 5. The average molecular weight is 398 g/mol. The van der Waals surface area contributed by atoms with Crippen LogP contribution in [0.15, 0.2) is 48.0 Å². The lowest BCUT2D eigenvalue weighted by Crippen LogP contribution is -2.43. The number of thiophene rings is 1. The Labute approximate surface area is 162 Å². The van der Waals surface area contributed by atoms with Crippen molar-refractivity contribution in [2.24, 2.45) is 0 Å². The van der Waals surface area contributed by atoms with E-state index < -0.39 is 11.8 Å². The van der Waals surface area contributed by atoms with Crippen LogP contribution in [-0.2, 0) is 11.3 Å². The highest BCUT2D eigenvalue weighted by molar-refractivity contribution is 7.71. The molecule has 0 radical (unpaired) electrons. The van der Waals surface area contributed by atoms with Crippen LogP contribution in [0.25, 0.3) is 21.6 Å². The van der Waals surface area contributed by atoms with Crippen LogP contribution in [0.2, 0.25) is 0 Å². The molecule has 10 heteroatoms. The van der Waals surface area contributed by atoms with Crippen molar-refractivity contribution >= 4 is 46.3 Å². The molecule has 4 N–H and O–H groups in total. The second-order valence-electron chi connectivity index (χ2n) is 5.67. The molecular formula is C17H14N6O2S2. The molecule has 8 nitrogen and oxygen atoms in total. The monoisotopic (exact) mass is 398 g/mol. The van der Waals surface area contributed by atoms with Gasteiger partial charge in [0.2, 0.25) is 0 Å². The number of fused-ring (bicyclic) bond motifs is 1. The van der Waals surface area contributed by atoms with E-state index in [9.17, 15) is 9.59 Å². The minimum absolute atomic E-state index is 0.0727. The number of hydrazine groups is 1. The van der Waals surface area contributed by atoms with E-state index in [0.717, 1.165) is 15.8 Å². The highest BCUT2D eigenvalue weighted by Gasteiger charge is 2.15. The molecule has 0 atom stereocenters. The third-order valence-electron chi connectivity index (χ3n) is 3.95. The highest BCUT2D eigenvalue weighted by Crippen LogP contribution is 2.22. The van der Waals surface area contributed by atoms with Gasteiger partial charge in [0.15, 0.2) is 10.6 Å². The predicted octanol–water partition coefficient (Wildman–Crippen LogP) is 2.61. The lowest BCUT2D eigenvalue weighted by atomic mass is 10.2. The summed E-state index contributed by atoms with van der Waals surface area (Å²) in [5.74, 6) is -0.248. The van der Waals surface area contributed by atoms with Gasteiger partial charge < -0.3 is 4.98 Å². The maximum absolute atomic E-state index is 12.4. The number of nitrogens with one attached hydrogen (secondary N) is 4. The lowest BCUT2D eigenvalue weighted by Gasteiger charge is -2.08. The van der Waals surface area contributed by atoms with Crippen molar-refractivity contribution in [2.45, 2.75) is 6.54 Å². The Morgan fingerprint density at radius 2 is 2.04 bits per heavy atom. The van der Waals surface area contributed by atoms with Gasteiger partial charge in [-0.3, -0.25) is 30.1 Å². The van der Waals surface area contributed by atoms with Crippen LogP contribution >= 0.6 is 23.6 Å². The topological polar surface area (TPSA) is 108 Å². The van der Waals surface area contributed by atoms with Gasteiger partial charge in [-0.25, -0.2) is 0 Å². The molecule has 27 heavy (non-hydrogen) atoms. The fourth-order valence-corrected chi connectivity index (χ4v) is 3.61. The lowest BCUT2D eigenvalue weighted by molar-refractivity contribution is -0.122. The van der Waals surface area contributed by atoms with Crippen LogP contribution in [0, 0.1) is 4.77 Å². The van der Waals surface area contributed by atoms with Crippen molar-refractivity contribution < 1.29 is 9.59 Å². The number of rotatable bonds is 4. The quantitative estimate of drug-likeness (QED) is 0.313. The summed E-state index contributed by atoms with van der Waals surface area (Å²) in [5.41, 5.74) is 6.14. The predicted molar refractivity (Wildman–Crippen MR) is 105 cm³/mol. The van der Waals surface area contributed by atoms with Gasteiger partial charge in [0.1, 0.15) is 6.54 Å². The van der Waals surface area contributed by atoms with Crippen molar-refractivity contribution in [1.82, 2.24) is 30.6 Å². The number of aromatic nitrogens is 4. The molecule has 0 saturated carbocycles. The van der Waals surface area contributed by atoms with Crippen molar-refractivity contribution in [1.29, 1.82) is 0 Å². The van der Waals surface area contributed by atoms with Gasteiger partial charge in [0, 0.05) is 17.1 Å². The van der Waals surface area contributed by atoms with Crippen molar-refractivity contribution in [3.05, 3.63) is 58.3 Å². The fraction of sp³-hybridized carbons (Fsp3) is 0.0588. The van der Waals surface area contributed by atoms with E-state index in [1.54, 1.807) is 10.8 Å². The fourth-order valence-electron chi connectivity index (χ4n) is 2.69. The highest BCUT2D eigenvalue weighted by atomic mass is 32.1. The third kappa shape index (κ3) is 3.39. The normalized spacial score (nSPS) is 10.8. The first kappa shape index (κ1) is 17.2. The smallest absolute Gasteiger partial charge is 0.271 e. The molecule has 4 aromatic rings. The van der Waals surface area contributed by atoms with Gasteiger partial charge in [-0.15, -0.1) is 11.3 Å². The van der Waals surface area contributed by atoms with E-state index in [4.69, 9.17) is 12.2 Å². The Morgan fingerprint density at radius 3 is 2.85 bits per heavy atom. The van der Waals surface area contributed by atoms with Crippen LogP contribution in [-0.4, -0.2) is 31.6 Å². The van der Waals surface area contributed by atoms with Crippen molar-refractivity contribution in [2.75, 3.05) is 0 Å². The summed E-state index contributed by atoms with van der Waals surface area (Å²) in [7, 11) is 0. The molecule has 0 fully saturated rings. The molecule has 136 valence electrons. The van der Waals surface area contributed by atoms with Crippen LogP contribution < -0.4 is 10.9 Å². The van der Waals surface area contributed by atoms with Crippen LogP contribution in [0.5, 0.6) is 0 Å². The Morgan fingerprint density at radius 1 is 1.19 bits per heavy atom. The van der Waals surface area contributed by atoms with E-state index in [1.807, 2.05) is 41.8 Å². The van der Waals surface area contributed by atoms with Gasteiger partial charge >= 0.3 is 0 Å². The first-order chi connectivity index (χ1) is 13.1. The number of H-pyrrole nitrogens is 2. The molecule has 2 amide bonds. The Bertz CT molecular complexity index is 1170. The van der Waals surface area contributed by atoms with E-state index in [0.29, 0.717) is 16.2 Å². The summed E-state index contributed by atoms with van der Waals surface area (Å²) in [6, 6.07) is 11.2. The van der Waals surface area contributed by atoms with Gasteiger partial charge in [-0.1, -0.05) is 24.3 Å². The van der Waals surface area contributed by atoms with Crippen molar-refractivity contribution in [3.8, 4) is 10.7 Å². The third-order valence-corrected chi connectivity index (χ3v) is 5.13. The number of para-hydroxylation sites is 1. The molecule has 0 aliphatic rings. The largest absolute Gasteiger partial charge is 0.360 e. The summed E-state index contributed by atoms with van der Waals surface area (Å²) < 4.78 is 1.91. The summed E-state index contributed by atoms with van der Waals surface area (Å²) >= 11 is 6.69. The number of amides is 2. The maximum Gasteiger partial charge on any atom is 0.271 e. The summed E-state index contributed by atoms with van der Waals surface area (Å²) in [5, 5.41) is 9.55. The zero-order valence-electron chi connectivity index (χ0n) is 13.9. The van der Waals surface area contributed by atoms with Gasteiger partial charge in [-0.05, 0) is 29.7 Å². The molecule has 0 aliphatic heterocycles. The molecule has 0 spiro atoms. The molecule has 0 bridgehead atoms. The summed E-state index contributed by atoms with van der Waals surface area (Å²) in [6.07, 6.45) is 1.60. The summed E-state index contributed by atoms with van der Waals surface area (Å²) in [4.78, 5) is 28.5. The van der Waals surface area contributed by atoms with Crippen LogP contribution in [0.4, 0.5) is 0 Å². The molecular weight excluding hydrogens is 384 g/mol. The Kier molecular flexibility index (Phi) is 4.57. The first-order valence-electron chi connectivity index (χ1n) is 7.98. The second-order valence-corrected chi connectivity index (χ2v) is 7.00. The van der Waals surface area contributed by atoms with Crippen LogP contribution in [0.3, 0.4) is 0 Å². The van der Waals surface area contributed by atoms with Crippen LogP contribution in [0.1, 0.15) is 10.4 Å². The number of nitrogens with zero attached hydrogens (tertiary/aromatic N) is 2. The summed E-state index contributed by atoms with van der Waals surface area (Å²) in [6.45, 7) is -0.0727. The molecule has 0 aliphatic carbocycles. The van der Waals surface area contributed by atoms with Gasteiger partial charge in [0.25, 0.3) is 11.8 Å². The number of carbonyl (C=O) groups excluding carboxylic acids is 2. The minimum Gasteiger partial charge on any atom is -0.360 e. The zero-order valence-corrected chi connectivity index (χ0v) is 15.5. The molecule has 4 rings (SSSR count). The van der Waals surface area contributed by atoms with E-state index >= 15 is 0 Å². The van der Waals surface area contributed by atoms with E-state index in [-0.39, 0.29) is 6.54 Å². The molecule has 0 unspecified atom stereocenters. The maximum atomic E-state index is 12.4. The van der Waals surface area contributed by atoms with E-state index in [1.165, 1.54) is 11.3 Å². The molecule has 0 saturated heterocycles. The van der Waals surface area contributed by atoms with Crippen molar-refractivity contribution in [3.63, 3.8) is 0 Å². The average Bonchev–Trinajstić information content (AvgIpc) is 3.40. The number of aromatic amines is 2. The standard InChI is InChI=1S/C17H14N6O2S2/c24-14(9-23-15(20-22-17(23)26)13-6-3-7-27-13)19-21-16(25)11-8-18-12-5-2-1-4-10(11)12/h1-8,18H,9H2,(H,19,24)(H,21,25)(H,22,26). The van der Waals surface area contributed by atoms with E-state index in [2.05, 4.69) is 26.0 Å². The molecule has 3 heterocycles. The first-order valence-corrected chi connectivity index (χ1v) is 9.26. The number of benzene rings is 1. The Balaban J connectivity index is 1.44. The zero-order chi connectivity index (χ0) is 18.8. The Hall–Kier alpha value is -3.24. The van der Waals surface area contributed by atoms with Gasteiger partial charge in [0.05, 0.1) is 10.4 Å². The minimum atomic E-state index is -0.418.